The molecular weight excluding hydrogens is 378 g/mol. The molecule has 0 aliphatic carbocycles. The molecule has 0 amide bonds. The summed E-state index contributed by atoms with van der Waals surface area (Å²) in [5.41, 5.74) is 3.49. The zero-order valence-corrected chi connectivity index (χ0v) is 17.4. The van der Waals surface area contributed by atoms with E-state index < -0.39 is 11.6 Å². The second-order valence-corrected chi connectivity index (χ2v) is 7.89. The van der Waals surface area contributed by atoms with Crippen molar-refractivity contribution in [2.24, 2.45) is 0 Å². The molecule has 0 saturated carbocycles. The van der Waals surface area contributed by atoms with Crippen LogP contribution in [0.15, 0.2) is 48.5 Å². The fourth-order valence-corrected chi connectivity index (χ4v) is 3.80. The summed E-state index contributed by atoms with van der Waals surface area (Å²) < 4.78 is 31.5. The van der Waals surface area contributed by atoms with Crippen LogP contribution in [-0.2, 0) is 0 Å². The van der Waals surface area contributed by atoms with Crippen LogP contribution in [0.4, 0.5) is 8.78 Å². The Labute approximate surface area is 176 Å². The van der Waals surface area contributed by atoms with Gasteiger partial charge >= 0.3 is 0 Å². The van der Waals surface area contributed by atoms with Gasteiger partial charge in [0.05, 0.1) is 23.3 Å². The molecule has 0 radical (unpaired) electrons. The Morgan fingerprint density at radius 2 is 0.933 bits per heavy atom. The molecule has 150 valence electrons. The van der Waals surface area contributed by atoms with E-state index in [0.717, 1.165) is 0 Å². The topological polar surface area (TPSA) is 47.6 Å². The van der Waals surface area contributed by atoms with Gasteiger partial charge in [0, 0.05) is 16.7 Å². The van der Waals surface area contributed by atoms with Crippen LogP contribution in [0.5, 0.6) is 0 Å². The van der Waals surface area contributed by atoms with E-state index in [9.17, 15) is 0 Å². The third kappa shape index (κ3) is 3.70. The fraction of sp³-hybridized carbons (Fsp3) is 0.231. The molecule has 0 heterocycles. The SMILES string of the molecule is CC(C)c1c(F)c(-c2ccc(C#N)cc2)c(C(C)C)c(-c2ccc(C#N)cc2)c1F. The van der Waals surface area contributed by atoms with Gasteiger partial charge in [-0.3, -0.25) is 0 Å². The molecule has 3 aromatic carbocycles. The lowest BCUT2D eigenvalue weighted by atomic mass is 9.81. The summed E-state index contributed by atoms with van der Waals surface area (Å²) in [6.07, 6.45) is 0. The van der Waals surface area contributed by atoms with Gasteiger partial charge in [-0.1, -0.05) is 52.0 Å². The average molecular weight is 400 g/mol. The second kappa shape index (κ2) is 8.47. The van der Waals surface area contributed by atoms with Crippen LogP contribution < -0.4 is 0 Å². The quantitative estimate of drug-likeness (QED) is 0.462. The Bertz CT molecular complexity index is 1080. The molecule has 3 aromatic rings. The van der Waals surface area contributed by atoms with Crippen molar-refractivity contribution in [3.05, 3.63) is 82.4 Å². The smallest absolute Gasteiger partial charge is 0.137 e. The van der Waals surface area contributed by atoms with Crippen LogP contribution in [0.25, 0.3) is 22.3 Å². The van der Waals surface area contributed by atoms with Crippen LogP contribution in [0, 0.1) is 34.3 Å². The van der Waals surface area contributed by atoms with Crippen LogP contribution in [0.2, 0.25) is 0 Å². The van der Waals surface area contributed by atoms with Crippen molar-refractivity contribution in [2.75, 3.05) is 0 Å². The molecule has 4 heteroatoms. The molecule has 3 rings (SSSR count). The maximum atomic E-state index is 15.7. The Balaban J connectivity index is 2.44. The predicted octanol–water partition coefficient (Wildman–Crippen LogP) is 7.29. The third-order valence-corrected chi connectivity index (χ3v) is 5.21. The molecule has 0 spiro atoms. The molecule has 0 atom stereocenters. The minimum absolute atomic E-state index is 0.0399. The summed E-state index contributed by atoms with van der Waals surface area (Å²) in [4.78, 5) is 0. The summed E-state index contributed by atoms with van der Waals surface area (Å²) in [6.45, 7) is 7.34. The monoisotopic (exact) mass is 400 g/mol. The molecule has 0 bridgehead atoms. The molecule has 30 heavy (non-hydrogen) atoms. The molecule has 0 N–H and O–H groups in total. The van der Waals surface area contributed by atoms with Gasteiger partial charge in [-0.25, -0.2) is 8.78 Å². The number of nitriles is 2. The standard InChI is InChI=1S/C26H22F2N2/c1-15(2)21-23(19-9-5-17(13-29)6-10-19)25(27)22(16(3)4)26(28)24(21)20-11-7-18(14-30)8-12-20/h5-12,15-16H,1-4H3. The third-order valence-electron chi connectivity index (χ3n) is 5.21. The molecular formula is C26H22F2N2. The highest BCUT2D eigenvalue weighted by Crippen LogP contribution is 2.44. The van der Waals surface area contributed by atoms with Crippen LogP contribution in [0.3, 0.4) is 0 Å². The van der Waals surface area contributed by atoms with E-state index >= 15 is 8.78 Å². The summed E-state index contributed by atoms with van der Waals surface area (Å²) in [5, 5.41) is 18.2. The summed E-state index contributed by atoms with van der Waals surface area (Å²) >= 11 is 0. The van der Waals surface area contributed by atoms with E-state index in [2.05, 4.69) is 12.1 Å². The van der Waals surface area contributed by atoms with Crippen molar-refractivity contribution in [2.45, 2.75) is 39.5 Å². The highest BCUT2D eigenvalue weighted by atomic mass is 19.1. The lowest BCUT2D eigenvalue weighted by molar-refractivity contribution is 0.542. The highest BCUT2D eigenvalue weighted by molar-refractivity contribution is 5.82. The zero-order chi connectivity index (χ0) is 22.0. The van der Waals surface area contributed by atoms with E-state index in [4.69, 9.17) is 10.5 Å². The molecule has 0 saturated heterocycles. The number of hydrogen-bond acceptors (Lipinski definition) is 2. The molecule has 0 unspecified atom stereocenters. The van der Waals surface area contributed by atoms with Gasteiger partial charge in [0.1, 0.15) is 11.6 Å². The highest BCUT2D eigenvalue weighted by Gasteiger charge is 2.28. The van der Waals surface area contributed by atoms with Crippen molar-refractivity contribution < 1.29 is 8.78 Å². The summed E-state index contributed by atoms with van der Waals surface area (Å²) in [5.74, 6) is -1.64. The van der Waals surface area contributed by atoms with E-state index in [1.807, 2.05) is 13.8 Å². The number of nitrogens with zero attached hydrogens (tertiary/aromatic N) is 2. The fourth-order valence-electron chi connectivity index (χ4n) is 3.80. The van der Waals surface area contributed by atoms with Gasteiger partial charge in [-0.05, 0) is 52.8 Å². The Hall–Kier alpha value is -3.50. The molecule has 0 fully saturated rings. The largest absolute Gasteiger partial charge is 0.206 e. The van der Waals surface area contributed by atoms with Gasteiger partial charge < -0.3 is 0 Å². The first kappa shape index (κ1) is 21.2. The van der Waals surface area contributed by atoms with E-state index in [-0.39, 0.29) is 17.4 Å². The maximum absolute atomic E-state index is 15.7. The van der Waals surface area contributed by atoms with Gasteiger partial charge in [-0.15, -0.1) is 0 Å². The van der Waals surface area contributed by atoms with Crippen molar-refractivity contribution in [1.29, 1.82) is 10.5 Å². The molecule has 0 aliphatic heterocycles. The van der Waals surface area contributed by atoms with Gasteiger partial charge in [-0.2, -0.15) is 10.5 Å². The van der Waals surface area contributed by atoms with Crippen molar-refractivity contribution in [1.82, 2.24) is 0 Å². The first-order valence-electron chi connectivity index (χ1n) is 9.85. The number of rotatable bonds is 4. The second-order valence-electron chi connectivity index (χ2n) is 7.89. The lowest BCUT2D eigenvalue weighted by Crippen LogP contribution is -2.09. The minimum atomic E-state index is -0.562. The Morgan fingerprint density at radius 3 is 1.20 bits per heavy atom. The average Bonchev–Trinajstić information content (AvgIpc) is 2.73. The first-order valence-corrected chi connectivity index (χ1v) is 9.85. The van der Waals surface area contributed by atoms with E-state index in [0.29, 0.717) is 38.9 Å². The Morgan fingerprint density at radius 1 is 0.600 bits per heavy atom. The normalized spacial score (nSPS) is 10.9. The van der Waals surface area contributed by atoms with Gasteiger partial charge in [0.2, 0.25) is 0 Å². The minimum Gasteiger partial charge on any atom is -0.206 e. The number of halogens is 2. The van der Waals surface area contributed by atoms with Gasteiger partial charge in [0.15, 0.2) is 0 Å². The molecule has 0 aliphatic rings. The van der Waals surface area contributed by atoms with Crippen molar-refractivity contribution in [3.8, 4) is 34.4 Å². The zero-order valence-electron chi connectivity index (χ0n) is 17.4. The molecule has 0 aromatic heterocycles. The van der Waals surface area contributed by atoms with E-state index in [1.165, 1.54) is 0 Å². The number of benzene rings is 3. The van der Waals surface area contributed by atoms with Crippen molar-refractivity contribution >= 4 is 0 Å². The predicted molar refractivity (Wildman–Crippen MR) is 115 cm³/mol. The van der Waals surface area contributed by atoms with Crippen molar-refractivity contribution in [3.63, 3.8) is 0 Å². The summed E-state index contributed by atoms with van der Waals surface area (Å²) in [6, 6.07) is 17.5. The van der Waals surface area contributed by atoms with Crippen LogP contribution in [0.1, 0.15) is 61.8 Å². The summed E-state index contributed by atoms with van der Waals surface area (Å²) in [7, 11) is 0. The maximum Gasteiger partial charge on any atom is 0.137 e. The van der Waals surface area contributed by atoms with Gasteiger partial charge in [0.25, 0.3) is 0 Å². The molecule has 2 nitrogen and oxygen atoms in total. The first-order chi connectivity index (χ1) is 14.3. The van der Waals surface area contributed by atoms with E-state index in [1.54, 1.807) is 62.4 Å². The Kier molecular flexibility index (Phi) is 5.99. The van der Waals surface area contributed by atoms with Crippen LogP contribution in [-0.4, -0.2) is 0 Å². The van der Waals surface area contributed by atoms with Crippen LogP contribution >= 0.6 is 0 Å². The number of hydrogen-bond donors (Lipinski definition) is 0. The lowest BCUT2D eigenvalue weighted by Gasteiger charge is -2.24.